The lowest BCUT2D eigenvalue weighted by molar-refractivity contribution is -0.122. The molecule has 7 nitrogen and oxygen atoms in total. The van der Waals surface area contributed by atoms with Crippen LogP contribution in [-0.4, -0.2) is 28.6 Å². The van der Waals surface area contributed by atoms with Crippen LogP contribution in [0.3, 0.4) is 0 Å². The molecule has 1 aliphatic rings. The first-order valence-electron chi connectivity index (χ1n) is 8.56. The maximum Gasteiger partial charge on any atom is 0.322 e. The lowest BCUT2D eigenvalue weighted by Gasteiger charge is -2.17. The Balaban J connectivity index is 1.44. The van der Waals surface area contributed by atoms with E-state index in [1.54, 1.807) is 4.90 Å². The maximum atomic E-state index is 12.5. The van der Waals surface area contributed by atoms with Crippen LogP contribution in [0.1, 0.15) is 17.5 Å². The van der Waals surface area contributed by atoms with Crippen molar-refractivity contribution in [3.63, 3.8) is 0 Å². The average Bonchev–Trinajstić information content (AvgIpc) is 3.37. The molecular weight excluding hydrogens is 364 g/mol. The highest BCUT2D eigenvalue weighted by atomic mass is 32.1. The molecule has 138 valence electrons. The lowest BCUT2D eigenvalue weighted by atomic mass is 10.1. The Labute approximate surface area is 160 Å². The molecule has 2 amide bonds. The van der Waals surface area contributed by atoms with Gasteiger partial charge in [0.2, 0.25) is 11.8 Å². The van der Waals surface area contributed by atoms with Crippen LogP contribution in [0.15, 0.2) is 39.4 Å². The predicted molar refractivity (Wildman–Crippen MR) is 103 cm³/mol. The first kappa shape index (κ1) is 17.4. The molecule has 1 atom stereocenters. The van der Waals surface area contributed by atoms with Gasteiger partial charge in [0.1, 0.15) is 0 Å². The van der Waals surface area contributed by atoms with Gasteiger partial charge in [-0.15, -0.1) is 5.10 Å². The van der Waals surface area contributed by atoms with Crippen LogP contribution in [-0.2, 0) is 9.59 Å². The minimum Gasteiger partial charge on any atom is -0.403 e. The van der Waals surface area contributed by atoms with Crippen molar-refractivity contribution in [2.45, 2.75) is 20.3 Å². The molecule has 1 unspecified atom stereocenters. The molecule has 2 aromatic heterocycles. The van der Waals surface area contributed by atoms with Crippen molar-refractivity contribution in [1.82, 2.24) is 10.2 Å². The molecule has 27 heavy (non-hydrogen) atoms. The van der Waals surface area contributed by atoms with Gasteiger partial charge in [0.25, 0.3) is 5.89 Å². The van der Waals surface area contributed by atoms with Gasteiger partial charge in [-0.1, -0.05) is 11.2 Å². The summed E-state index contributed by atoms with van der Waals surface area (Å²) < 4.78 is 5.48. The van der Waals surface area contributed by atoms with Gasteiger partial charge >= 0.3 is 6.01 Å². The minimum atomic E-state index is -0.462. The smallest absolute Gasteiger partial charge is 0.322 e. The fourth-order valence-corrected chi connectivity index (χ4v) is 3.64. The van der Waals surface area contributed by atoms with Crippen LogP contribution < -0.4 is 10.2 Å². The molecule has 8 heteroatoms. The van der Waals surface area contributed by atoms with E-state index in [0.29, 0.717) is 12.4 Å². The quantitative estimate of drug-likeness (QED) is 0.747. The molecule has 1 fully saturated rings. The highest BCUT2D eigenvalue weighted by Gasteiger charge is 2.35. The number of aryl methyl sites for hydroxylation is 2. The molecule has 0 saturated carbocycles. The second kappa shape index (κ2) is 6.96. The number of thiophene rings is 1. The zero-order valence-corrected chi connectivity index (χ0v) is 15.7. The molecule has 0 spiro atoms. The standard InChI is InChI=1S/C19H18N4O3S/c1-11-3-4-15(7-12(11)2)23-9-14(8-16(23)24)17(25)20-19-22-21-18(26-19)13-5-6-27-10-13/h3-7,10,14H,8-9H2,1-2H3,(H,20,22,25). The highest BCUT2D eigenvalue weighted by Crippen LogP contribution is 2.28. The van der Waals surface area contributed by atoms with Crippen LogP contribution in [0.2, 0.25) is 0 Å². The first-order chi connectivity index (χ1) is 13.0. The van der Waals surface area contributed by atoms with Crippen molar-refractivity contribution in [3.8, 4) is 11.5 Å². The van der Waals surface area contributed by atoms with Crippen molar-refractivity contribution >= 4 is 34.9 Å². The molecule has 1 N–H and O–H groups in total. The zero-order valence-electron chi connectivity index (χ0n) is 14.9. The Morgan fingerprint density at radius 1 is 1.26 bits per heavy atom. The largest absolute Gasteiger partial charge is 0.403 e. The summed E-state index contributed by atoms with van der Waals surface area (Å²) in [6.07, 6.45) is 0.157. The van der Waals surface area contributed by atoms with Gasteiger partial charge < -0.3 is 9.32 Å². The van der Waals surface area contributed by atoms with Gasteiger partial charge in [-0.05, 0) is 48.6 Å². The minimum absolute atomic E-state index is 0.0401. The zero-order chi connectivity index (χ0) is 19.0. The monoisotopic (exact) mass is 382 g/mol. The Morgan fingerprint density at radius 2 is 2.11 bits per heavy atom. The van der Waals surface area contributed by atoms with E-state index in [1.807, 2.05) is 48.9 Å². The van der Waals surface area contributed by atoms with Crippen molar-refractivity contribution in [2.24, 2.45) is 5.92 Å². The second-order valence-electron chi connectivity index (χ2n) is 6.59. The van der Waals surface area contributed by atoms with Crippen molar-refractivity contribution < 1.29 is 14.0 Å². The van der Waals surface area contributed by atoms with Crippen molar-refractivity contribution in [1.29, 1.82) is 0 Å². The molecule has 1 saturated heterocycles. The number of rotatable bonds is 4. The lowest BCUT2D eigenvalue weighted by Crippen LogP contribution is -2.28. The number of nitrogens with one attached hydrogen (secondary N) is 1. The van der Waals surface area contributed by atoms with Crippen LogP contribution in [0.25, 0.3) is 11.5 Å². The highest BCUT2D eigenvalue weighted by molar-refractivity contribution is 7.08. The number of carbonyl (C=O) groups excluding carboxylic acids is 2. The summed E-state index contributed by atoms with van der Waals surface area (Å²) in [5.74, 6) is -0.473. The third kappa shape index (κ3) is 3.48. The van der Waals surface area contributed by atoms with Crippen molar-refractivity contribution in [3.05, 3.63) is 46.2 Å². The molecule has 0 bridgehead atoms. The molecule has 1 aromatic carbocycles. The molecule has 3 heterocycles. The van der Waals surface area contributed by atoms with Gasteiger partial charge in [0, 0.05) is 29.6 Å². The van der Waals surface area contributed by atoms with E-state index in [9.17, 15) is 9.59 Å². The van der Waals surface area contributed by atoms with E-state index in [2.05, 4.69) is 15.5 Å². The van der Waals surface area contributed by atoms with Crippen LogP contribution in [0.4, 0.5) is 11.7 Å². The molecular formula is C19H18N4O3S. The molecule has 3 aromatic rings. The van der Waals surface area contributed by atoms with E-state index in [4.69, 9.17) is 4.42 Å². The number of amides is 2. The molecule has 4 rings (SSSR count). The Bertz CT molecular complexity index is 996. The van der Waals surface area contributed by atoms with E-state index in [1.165, 1.54) is 11.3 Å². The summed E-state index contributed by atoms with van der Waals surface area (Å²) in [5.41, 5.74) is 3.90. The summed E-state index contributed by atoms with van der Waals surface area (Å²) in [6, 6.07) is 7.76. The first-order valence-corrected chi connectivity index (χ1v) is 9.50. The van der Waals surface area contributed by atoms with E-state index >= 15 is 0 Å². The van der Waals surface area contributed by atoms with Crippen LogP contribution in [0, 0.1) is 19.8 Å². The molecule has 0 radical (unpaired) electrons. The van der Waals surface area contributed by atoms with Gasteiger partial charge in [-0.2, -0.15) is 11.3 Å². The average molecular weight is 382 g/mol. The van der Waals surface area contributed by atoms with E-state index in [-0.39, 0.29) is 24.2 Å². The summed E-state index contributed by atoms with van der Waals surface area (Å²) in [7, 11) is 0. The number of benzene rings is 1. The molecule has 0 aliphatic carbocycles. The summed E-state index contributed by atoms with van der Waals surface area (Å²) in [4.78, 5) is 26.6. The van der Waals surface area contributed by atoms with Crippen molar-refractivity contribution in [2.75, 3.05) is 16.8 Å². The van der Waals surface area contributed by atoms with Gasteiger partial charge in [-0.25, -0.2) is 0 Å². The van der Waals surface area contributed by atoms with E-state index < -0.39 is 5.92 Å². The third-order valence-electron chi connectivity index (χ3n) is 4.72. The van der Waals surface area contributed by atoms with Gasteiger partial charge in [0.05, 0.1) is 5.92 Å². The summed E-state index contributed by atoms with van der Waals surface area (Å²) in [6.45, 7) is 4.36. The number of nitrogens with zero attached hydrogens (tertiary/aromatic N) is 3. The molecule has 1 aliphatic heterocycles. The number of anilines is 2. The number of hydrogen-bond acceptors (Lipinski definition) is 6. The topological polar surface area (TPSA) is 88.3 Å². The second-order valence-corrected chi connectivity index (χ2v) is 7.37. The van der Waals surface area contributed by atoms with Gasteiger partial charge in [0.15, 0.2) is 0 Å². The number of carbonyl (C=O) groups is 2. The SMILES string of the molecule is Cc1ccc(N2CC(C(=O)Nc3nnc(-c4ccsc4)o3)CC2=O)cc1C. The fraction of sp³-hybridized carbons (Fsp3) is 0.263. The summed E-state index contributed by atoms with van der Waals surface area (Å²) >= 11 is 1.52. The predicted octanol–water partition coefficient (Wildman–Crippen LogP) is 3.41. The summed E-state index contributed by atoms with van der Waals surface area (Å²) in [5, 5.41) is 14.2. The number of hydrogen-bond donors (Lipinski definition) is 1. The fourth-order valence-electron chi connectivity index (χ4n) is 3.01. The normalized spacial score (nSPS) is 16.7. The number of aromatic nitrogens is 2. The Kier molecular flexibility index (Phi) is 4.49. The van der Waals surface area contributed by atoms with Crippen LogP contribution >= 0.6 is 11.3 Å². The third-order valence-corrected chi connectivity index (χ3v) is 5.40. The Hall–Kier alpha value is -3.00. The van der Waals surface area contributed by atoms with Gasteiger partial charge in [-0.3, -0.25) is 14.9 Å². The maximum absolute atomic E-state index is 12.5. The van der Waals surface area contributed by atoms with E-state index in [0.717, 1.165) is 22.4 Å². The van der Waals surface area contributed by atoms with Crippen LogP contribution in [0.5, 0.6) is 0 Å². The Morgan fingerprint density at radius 3 is 2.85 bits per heavy atom.